The first-order valence-corrected chi connectivity index (χ1v) is 14.6. The number of nitrogens with one attached hydrogen (secondary N) is 4. The Hall–Kier alpha value is -6.47. The van der Waals surface area contributed by atoms with Crippen LogP contribution < -0.4 is 21.3 Å². The van der Waals surface area contributed by atoms with E-state index >= 15 is 0 Å². The molecule has 0 saturated heterocycles. The fraction of sp³-hybridized carbons (Fsp3) is 0.108. The zero-order valence-corrected chi connectivity index (χ0v) is 26.0. The number of benzene rings is 4. The van der Waals surface area contributed by atoms with Crippen molar-refractivity contribution >= 4 is 63.5 Å². The van der Waals surface area contributed by atoms with Crippen molar-refractivity contribution < 1.29 is 19.1 Å². The largest absolute Gasteiger partial charge is 0.444 e. The van der Waals surface area contributed by atoms with Gasteiger partial charge in [0.1, 0.15) is 17.7 Å². The van der Waals surface area contributed by atoms with Crippen LogP contribution in [0.5, 0.6) is 0 Å². The van der Waals surface area contributed by atoms with Gasteiger partial charge in [0.25, 0.3) is 5.91 Å². The highest BCUT2D eigenvalue weighted by molar-refractivity contribution is 6.07. The van der Waals surface area contributed by atoms with Gasteiger partial charge in [-0.2, -0.15) is 0 Å². The third-order valence-electron chi connectivity index (χ3n) is 6.58. The zero-order chi connectivity index (χ0) is 33.4. The Bertz CT molecular complexity index is 2040. The molecule has 47 heavy (non-hydrogen) atoms. The first-order valence-electron chi connectivity index (χ1n) is 14.6. The maximum Gasteiger partial charge on any atom is 0.412 e. The molecule has 0 fully saturated rings. The number of amides is 3. The molecule has 0 bridgehead atoms. The first kappa shape index (κ1) is 31.9. The Balaban J connectivity index is 1.23. The molecule has 10 heteroatoms. The number of nitrogens with zero attached hydrogens (tertiary/aromatic N) is 2. The smallest absolute Gasteiger partial charge is 0.412 e. The summed E-state index contributed by atoms with van der Waals surface area (Å²) in [5.74, 6) is 2.47. The number of hydrogen-bond donors (Lipinski definition) is 4. The van der Waals surface area contributed by atoms with E-state index in [-0.39, 0.29) is 5.91 Å². The molecule has 0 radical (unpaired) electrons. The summed E-state index contributed by atoms with van der Waals surface area (Å²) < 4.78 is 5.30. The van der Waals surface area contributed by atoms with Gasteiger partial charge >= 0.3 is 6.09 Å². The molecule has 0 spiro atoms. The Kier molecular flexibility index (Phi) is 9.58. The van der Waals surface area contributed by atoms with Crippen molar-refractivity contribution in [3.05, 3.63) is 120 Å². The van der Waals surface area contributed by atoms with Gasteiger partial charge in [0, 0.05) is 34.0 Å². The summed E-state index contributed by atoms with van der Waals surface area (Å²) >= 11 is 0. The lowest BCUT2D eigenvalue weighted by atomic mass is 10.1. The van der Waals surface area contributed by atoms with Crippen LogP contribution in [0.1, 0.15) is 42.3 Å². The van der Waals surface area contributed by atoms with Crippen molar-refractivity contribution in [3.8, 4) is 12.3 Å². The predicted octanol–water partition coefficient (Wildman–Crippen LogP) is 7.61. The molecule has 1 heterocycles. The molecule has 0 saturated carbocycles. The summed E-state index contributed by atoms with van der Waals surface area (Å²) in [5.41, 5.74) is 3.91. The van der Waals surface area contributed by atoms with Crippen molar-refractivity contribution in [1.82, 2.24) is 9.97 Å². The van der Waals surface area contributed by atoms with E-state index in [1.54, 1.807) is 87.5 Å². The topological polar surface area (TPSA) is 134 Å². The molecule has 3 amide bonds. The highest BCUT2D eigenvalue weighted by Gasteiger charge is 2.17. The van der Waals surface area contributed by atoms with Gasteiger partial charge in [-0.15, -0.1) is 6.42 Å². The fourth-order valence-electron chi connectivity index (χ4n) is 4.51. The summed E-state index contributed by atoms with van der Waals surface area (Å²) in [7, 11) is 0. The molecule has 4 aromatic carbocycles. The number of carbonyl (C=O) groups is 3. The first-order chi connectivity index (χ1) is 22.6. The summed E-state index contributed by atoms with van der Waals surface area (Å²) in [6, 6.07) is 26.5. The molecule has 0 aliphatic rings. The molecular weight excluding hydrogens is 592 g/mol. The van der Waals surface area contributed by atoms with Crippen molar-refractivity contribution in [2.75, 3.05) is 21.3 Å². The van der Waals surface area contributed by atoms with Crippen LogP contribution >= 0.6 is 0 Å². The number of ether oxygens (including phenoxy) is 1. The summed E-state index contributed by atoms with van der Waals surface area (Å²) in [4.78, 5) is 46.8. The minimum atomic E-state index is -0.667. The molecule has 0 aliphatic heterocycles. The molecular formula is C37H32N6O4. The Labute approximate surface area is 272 Å². The normalized spacial score (nSPS) is 11.0. The van der Waals surface area contributed by atoms with Crippen molar-refractivity contribution in [2.45, 2.75) is 26.4 Å². The Morgan fingerprint density at radius 1 is 0.809 bits per heavy atom. The highest BCUT2D eigenvalue weighted by atomic mass is 16.6. The van der Waals surface area contributed by atoms with E-state index in [1.165, 1.54) is 12.4 Å². The van der Waals surface area contributed by atoms with E-state index in [2.05, 4.69) is 37.2 Å². The molecule has 0 atom stereocenters. The average Bonchev–Trinajstić information content (AvgIpc) is 3.04. The number of anilines is 5. The monoisotopic (exact) mass is 624 g/mol. The van der Waals surface area contributed by atoms with Crippen LogP contribution in [0.15, 0.2) is 103 Å². The number of para-hydroxylation sites is 2. The van der Waals surface area contributed by atoms with Gasteiger partial charge in [0.05, 0.1) is 16.9 Å². The molecule has 5 aromatic rings. The van der Waals surface area contributed by atoms with Crippen molar-refractivity contribution in [3.63, 3.8) is 0 Å². The van der Waals surface area contributed by atoms with E-state index in [0.29, 0.717) is 39.5 Å². The van der Waals surface area contributed by atoms with Gasteiger partial charge in [-0.25, -0.2) is 14.8 Å². The van der Waals surface area contributed by atoms with Crippen molar-refractivity contribution in [1.29, 1.82) is 0 Å². The maximum absolute atomic E-state index is 13.1. The lowest BCUT2D eigenvalue weighted by Crippen LogP contribution is -2.27. The fourth-order valence-corrected chi connectivity index (χ4v) is 4.51. The van der Waals surface area contributed by atoms with E-state index < -0.39 is 17.6 Å². The standard InChI is InChI=1S/C37H32N6O4/c1-5-24-10-9-13-27(21-24)40-34-29-18-17-28(22-32(29)38-23-39-34)41-35(45)26-12-8-11-25(20-26)16-19-33(44)42-30-14-6-7-15-31(30)43-36(46)47-37(2,3)4/h1,6-23H,2-4H3,(H,41,45)(H,42,44)(H,43,46)(H,38,39,40)/b19-16+. The van der Waals surface area contributed by atoms with Crippen LogP contribution in [0, 0.1) is 12.3 Å². The third kappa shape index (κ3) is 8.80. The summed E-state index contributed by atoms with van der Waals surface area (Å²) in [5, 5.41) is 12.4. The van der Waals surface area contributed by atoms with Crippen LogP contribution in [-0.2, 0) is 9.53 Å². The van der Waals surface area contributed by atoms with E-state index in [1.807, 2.05) is 30.3 Å². The van der Waals surface area contributed by atoms with Gasteiger partial charge in [0.15, 0.2) is 0 Å². The van der Waals surface area contributed by atoms with Gasteiger partial charge in [-0.05, 0) is 93.1 Å². The number of carbonyl (C=O) groups excluding carboxylic acids is 3. The lowest BCUT2D eigenvalue weighted by molar-refractivity contribution is -0.111. The van der Waals surface area contributed by atoms with E-state index in [4.69, 9.17) is 11.2 Å². The summed E-state index contributed by atoms with van der Waals surface area (Å²) in [6.45, 7) is 5.29. The van der Waals surface area contributed by atoms with Gasteiger partial charge < -0.3 is 20.7 Å². The predicted molar refractivity (Wildman–Crippen MR) is 186 cm³/mol. The average molecular weight is 625 g/mol. The minimum absolute atomic E-state index is 0.329. The second kappa shape index (κ2) is 14.1. The molecule has 4 N–H and O–H groups in total. The van der Waals surface area contributed by atoms with Crippen molar-refractivity contribution in [2.24, 2.45) is 0 Å². The van der Waals surface area contributed by atoms with Gasteiger partial charge in [-0.3, -0.25) is 14.9 Å². The molecule has 5 rings (SSSR count). The second-order valence-corrected chi connectivity index (χ2v) is 11.4. The molecule has 10 nitrogen and oxygen atoms in total. The number of fused-ring (bicyclic) bond motifs is 1. The number of aromatic nitrogens is 2. The number of hydrogen-bond acceptors (Lipinski definition) is 7. The van der Waals surface area contributed by atoms with Crippen LogP contribution in [0.3, 0.4) is 0 Å². The molecule has 1 aromatic heterocycles. The number of terminal acetylenes is 1. The minimum Gasteiger partial charge on any atom is -0.444 e. The van der Waals surface area contributed by atoms with E-state index in [0.717, 1.165) is 16.6 Å². The Morgan fingerprint density at radius 2 is 1.57 bits per heavy atom. The van der Waals surface area contributed by atoms with Crippen LogP contribution in [0.4, 0.5) is 33.4 Å². The molecule has 234 valence electrons. The number of rotatable bonds is 8. The van der Waals surface area contributed by atoms with Crippen LogP contribution in [0.25, 0.3) is 17.0 Å². The van der Waals surface area contributed by atoms with Crippen LogP contribution in [-0.4, -0.2) is 33.5 Å². The Morgan fingerprint density at radius 3 is 2.34 bits per heavy atom. The zero-order valence-electron chi connectivity index (χ0n) is 26.0. The SMILES string of the molecule is C#Cc1cccc(Nc2ncnc3cc(NC(=O)c4cccc(/C=C/C(=O)Nc5ccccc5NC(=O)OC(C)(C)C)c4)ccc23)c1. The molecule has 0 aliphatic carbocycles. The second-order valence-electron chi connectivity index (χ2n) is 11.4. The van der Waals surface area contributed by atoms with Crippen LogP contribution in [0.2, 0.25) is 0 Å². The van der Waals surface area contributed by atoms with Gasteiger partial charge in [-0.1, -0.05) is 36.3 Å². The van der Waals surface area contributed by atoms with Gasteiger partial charge in [0.2, 0.25) is 5.91 Å². The maximum atomic E-state index is 13.1. The quantitative estimate of drug-likeness (QED) is 0.103. The van der Waals surface area contributed by atoms with E-state index in [9.17, 15) is 14.4 Å². The lowest BCUT2D eigenvalue weighted by Gasteiger charge is -2.20. The molecule has 0 unspecified atom stereocenters. The third-order valence-corrected chi connectivity index (χ3v) is 6.58. The highest BCUT2D eigenvalue weighted by Crippen LogP contribution is 2.26. The summed E-state index contributed by atoms with van der Waals surface area (Å²) in [6.07, 6.45) is 9.28.